The van der Waals surface area contributed by atoms with Crippen LogP contribution in [0.2, 0.25) is 0 Å². The molecule has 4 heteroatoms. The van der Waals surface area contributed by atoms with Gasteiger partial charge in [-0.2, -0.15) is 0 Å². The van der Waals surface area contributed by atoms with Gasteiger partial charge in [0.15, 0.2) is 0 Å². The molecule has 0 spiro atoms. The summed E-state index contributed by atoms with van der Waals surface area (Å²) >= 11 is 0. The predicted molar refractivity (Wildman–Crippen MR) is 158 cm³/mol. The number of rotatable bonds is 11. The van der Waals surface area contributed by atoms with Crippen molar-refractivity contribution in [1.29, 1.82) is 0 Å². The minimum absolute atomic E-state index is 0.294. The quantitative estimate of drug-likeness (QED) is 0.176. The highest BCUT2D eigenvalue weighted by Crippen LogP contribution is 2.41. The molecule has 0 aromatic heterocycles. The first-order valence-corrected chi connectivity index (χ1v) is 13.9. The Balaban J connectivity index is 1.30. The van der Waals surface area contributed by atoms with E-state index in [0.717, 1.165) is 27.6 Å². The van der Waals surface area contributed by atoms with Crippen molar-refractivity contribution in [2.24, 2.45) is 0 Å². The van der Waals surface area contributed by atoms with E-state index in [4.69, 9.17) is 18.9 Å². The van der Waals surface area contributed by atoms with Gasteiger partial charge in [0, 0.05) is 0 Å². The summed E-state index contributed by atoms with van der Waals surface area (Å²) in [5, 5.41) is 2.34. The van der Waals surface area contributed by atoms with Crippen molar-refractivity contribution < 1.29 is 18.9 Å². The summed E-state index contributed by atoms with van der Waals surface area (Å²) in [6, 6.07) is 45.5. The van der Waals surface area contributed by atoms with E-state index in [1.807, 2.05) is 54.6 Å². The highest BCUT2D eigenvalue weighted by molar-refractivity contribution is 5.86. The first kappa shape index (κ1) is 26.4. The summed E-state index contributed by atoms with van der Waals surface area (Å²) < 4.78 is 26.4. The lowest BCUT2D eigenvalue weighted by Crippen LogP contribution is -2.37. The van der Waals surface area contributed by atoms with Crippen molar-refractivity contribution >= 4 is 10.8 Å². The molecule has 5 aromatic carbocycles. The standard InChI is InChI=1S/C36H34O4/c1-4-13-27(14-5-1)23-37-26-33-35(38-24-28-15-6-2-7-16-28)36(39-25-29-17-8-3-9-18-29)34(40-33)32-22-12-20-30-19-10-11-21-31(30)32/h1-22,33-36H,23-26H2/t33-,34+,35-,36+/m1/s1. The molecule has 0 unspecified atom stereocenters. The molecule has 1 aliphatic heterocycles. The fourth-order valence-electron chi connectivity index (χ4n) is 5.39. The summed E-state index contributed by atoms with van der Waals surface area (Å²) in [5.74, 6) is 0. The number of ether oxygens (including phenoxy) is 4. The Morgan fingerprint density at radius 1 is 0.500 bits per heavy atom. The molecule has 1 heterocycles. The van der Waals surface area contributed by atoms with Crippen molar-refractivity contribution in [3.05, 3.63) is 156 Å². The number of benzene rings is 5. The van der Waals surface area contributed by atoms with Gasteiger partial charge in [0.1, 0.15) is 24.4 Å². The average molecular weight is 531 g/mol. The molecule has 4 atom stereocenters. The minimum Gasteiger partial charge on any atom is -0.374 e. The normalized spacial score (nSPS) is 20.6. The fourth-order valence-corrected chi connectivity index (χ4v) is 5.39. The molecule has 5 aromatic rings. The Kier molecular flexibility index (Phi) is 8.61. The lowest BCUT2D eigenvalue weighted by atomic mass is 9.96. The van der Waals surface area contributed by atoms with Crippen LogP contribution in [0.5, 0.6) is 0 Å². The van der Waals surface area contributed by atoms with E-state index >= 15 is 0 Å². The van der Waals surface area contributed by atoms with E-state index in [1.165, 1.54) is 5.39 Å². The molecule has 40 heavy (non-hydrogen) atoms. The van der Waals surface area contributed by atoms with Crippen LogP contribution in [-0.2, 0) is 38.8 Å². The monoisotopic (exact) mass is 530 g/mol. The molecule has 0 radical (unpaired) electrons. The van der Waals surface area contributed by atoms with Crippen LogP contribution in [0.25, 0.3) is 10.8 Å². The van der Waals surface area contributed by atoms with E-state index in [0.29, 0.717) is 26.4 Å². The molecule has 1 saturated heterocycles. The van der Waals surface area contributed by atoms with Gasteiger partial charge >= 0.3 is 0 Å². The second-order valence-electron chi connectivity index (χ2n) is 10.2. The van der Waals surface area contributed by atoms with Gasteiger partial charge in [0.2, 0.25) is 0 Å². The van der Waals surface area contributed by atoms with Crippen molar-refractivity contribution in [3.8, 4) is 0 Å². The lowest BCUT2D eigenvalue weighted by molar-refractivity contribution is -0.0898. The summed E-state index contributed by atoms with van der Waals surface area (Å²) in [4.78, 5) is 0. The predicted octanol–water partition coefficient (Wildman–Crippen LogP) is 7.67. The maximum Gasteiger partial charge on any atom is 0.117 e. The SMILES string of the molecule is c1ccc(COC[C@H]2O[C@@H](c3cccc4ccccc34)[C@H](OCc3ccccc3)[C@@H]2OCc2ccccc2)cc1. The smallest absolute Gasteiger partial charge is 0.117 e. The van der Waals surface area contributed by atoms with Gasteiger partial charge in [-0.25, -0.2) is 0 Å². The molecular formula is C36H34O4. The molecular weight excluding hydrogens is 496 g/mol. The fraction of sp³-hybridized carbons (Fsp3) is 0.222. The zero-order chi connectivity index (χ0) is 27.0. The van der Waals surface area contributed by atoms with Gasteiger partial charge in [-0.05, 0) is 33.0 Å². The maximum absolute atomic E-state index is 6.82. The van der Waals surface area contributed by atoms with Crippen molar-refractivity contribution in [2.75, 3.05) is 6.61 Å². The Morgan fingerprint density at radius 2 is 1.02 bits per heavy atom. The zero-order valence-corrected chi connectivity index (χ0v) is 22.5. The highest BCUT2D eigenvalue weighted by Gasteiger charge is 2.47. The minimum atomic E-state index is -0.319. The van der Waals surface area contributed by atoms with E-state index < -0.39 is 0 Å². The van der Waals surface area contributed by atoms with Crippen LogP contribution in [-0.4, -0.2) is 24.9 Å². The summed E-state index contributed by atoms with van der Waals surface area (Å²) in [5.41, 5.74) is 4.46. The largest absolute Gasteiger partial charge is 0.374 e. The van der Waals surface area contributed by atoms with Gasteiger partial charge in [-0.1, -0.05) is 133 Å². The van der Waals surface area contributed by atoms with Crippen LogP contribution in [0.15, 0.2) is 133 Å². The molecule has 0 amide bonds. The third kappa shape index (κ3) is 6.33. The summed E-state index contributed by atoms with van der Waals surface area (Å²) in [7, 11) is 0. The van der Waals surface area contributed by atoms with Gasteiger partial charge in [0.25, 0.3) is 0 Å². The van der Waals surface area contributed by atoms with Gasteiger partial charge in [-0.15, -0.1) is 0 Å². The highest BCUT2D eigenvalue weighted by atomic mass is 16.6. The molecule has 0 saturated carbocycles. The first-order valence-electron chi connectivity index (χ1n) is 13.9. The van der Waals surface area contributed by atoms with Crippen molar-refractivity contribution in [1.82, 2.24) is 0 Å². The maximum atomic E-state index is 6.82. The van der Waals surface area contributed by atoms with Crippen LogP contribution in [0, 0.1) is 0 Å². The zero-order valence-electron chi connectivity index (χ0n) is 22.5. The van der Waals surface area contributed by atoms with Crippen molar-refractivity contribution in [3.63, 3.8) is 0 Å². The van der Waals surface area contributed by atoms with E-state index in [-0.39, 0.29) is 24.4 Å². The van der Waals surface area contributed by atoms with Gasteiger partial charge < -0.3 is 18.9 Å². The molecule has 6 rings (SSSR count). The second-order valence-corrected chi connectivity index (χ2v) is 10.2. The molecule has 0 aliphatic carbocycles. The number of hydrogen-bond donors (Lipinski definition) is 0. The molecule has 0 N–H and O–H groups in total. The Morgan fingerprint density at radius 3 is 1.68 bits per heavy atom. The van der Waals surface area contributed by atoms with E-state index in [9.17, 15) is 0 Å². The third-order valence-corrected chi connectivity index (χ3v) is 7.40. The van der Waals surface area contributed by atoms with Crippen LogP contribution in [0.4, 0.5) is 0 Å². The van der Waals surface area contributed by atoms with Crippen molar-refractivity contribution in [2.45, 2.75) is 44.2 Å². The van der Waals surface area contributed by atoms with Gasteiger partial charge in [-0.3, -0.25) is 0 Å². The van der Waals surface area contributed by atoms with Gasteiger partial charge in [0.05, 0.1) is 26.4 Å². The average Bonchev–Trinajstić information content (AvgIpc) is 3.37. The molecule has 4 nitrogen and oxygen atoms in total. The molecule has 202 valence electrons. The first-order chi connectivity index (χ1) is 19.8. The number of hydrogen-bond acceptors (Lipinski definition) is 4. The Labute approximate surface area is 236 Å². The second kappa shape index (κ2) is 13.0. The Hall–Kier alpha value is -3.80. The van der Waals surface area contributed by atoms with E-state index in [1.54, 1.807) is 0 Å². The Bertz CT molecular complexity index is 1470. The molecule has 1 fully saturated rings. The molecule has 0 bridgehead atoms. The lowest BCUT2D eigenvalue weighted by Gasteiger charge is -2.26. The van der Waals surface area contributed by atoms with Crippen LogP contribution in [0.3, 0.4) is 0 Å². The number of fused-ring (bicyclic) bond motifs is 1. The van der Waals surface area contributed by atoms with Crippen LogP contribution >= 0.6 is 0 Å². The van der Waals surface area contributed by atoms with E-state index in [2.05, 4.69) is 78.9 Å². The molecule has 1 aliphatic rings. The third-order valence-electron chi connectivity index (χ3n) is 7.40. The van der Waals surface area contributed by atoms with Crippen LogP contribution < -0.4 is 0 Å². The van der Waals surface area contributed by atoms with Crippen LogP contribution in [0.1, 0.15) is 28.4 Å². The summed E-state index contributed by atoms with van der Waals surface area (Å²) in [6.07, 6.45) is -1.23. The topological polar surface area (TPSA) is 36.9 Å². The summed E-state index contributed by atoms with van der Waals surface area (Å²) in [6.45, 7) is 1.86.